The van der Waals surface area contributed by atoms with Crippen LogP contribution in [0.2, 0.25) is 0 Å². The minimum absolute atomic E-state index is 0.145. The second kappa shape index (κ2) is 11.2. The third kappa shape index (κ3) is 6.65. The van der Waals surface area contributed by atoms with E-state index in [9.17, 15) is 14.7 Å². The van der Waals surface area contributed by atoms with Gasteiger partial charge in [0.05, 0.1) is 6.10 Å². The number of carbonyl (C=O) groups is 2. The topological polar surface area (TPSA) is 77.8 Å². The van der Waals surface area contributed by atoms with E-state index >= 15 is 0 Å². The Balaban J connectivity index is 1.77. The molecule has 2 rings (SSSR count). The molecule has 1 amide bonds. The largest absolute Gasteiger partial charge is 0.477 e. The van der Waals surface area contributed by atoms with E-state index in [0.717, 1.165) is 37.0 Å². The van der Waals surface area contributed by atoms with Crippen molar-refractivity contribution in [2.45, 2.75) is 77.4 Å². The molecular formula is C22H31NO4S. The molecule has 1 fully saturated rings. The van der Waals surface area contributed by atoms with Gasteiger partial charge in [-0.05, 0) is 50.2 Å². The molecule has 28 heavy (non-hydrogen) atoms. The average Bonchev–Trinajstić information content (AvgIpc) is 3.27. The maximum atomic E-state index is 12.2. The summed E-state index contributed by atoms with van der Waals surface area (Å²) in [7, 11) is 0. The van der Waals surface area contributed by atoms with Gasteiger partial charge < -0.3 is 15.1 Å². The molecule has 1 aromatic heterocycles. The zero-order valence-electron chi connectivity index (χ0n) is 16.8. The van der Waals surface area contributed by atoms with Crippen LogP contribution < -0.4 is 0 Å². The molecule has 3 atom stereocenters. The molecule has 2 heterocycles. The minimum Gasteiger partial charge on any atom is -0.477 e. The van der Waals surface area contributed by atoms with E-state index in [0.29, 0.717) is 30.7 Å². The van der Waals surface area contributed by atoms with Gasteiger partial charge >= 0.3 is 5.97 Å². The smallest absolute Gasteiger partial charge is 0.345 e. The number of amides is 1. The van der Waals surface area contributed by atoms with Crippen molar-refractivity contribution >= 4 is 23.2 Å². The summed E-state index contributed by atoms with van der Waals surface area (Å²) in [6.45, 7) is 4.74. The second-order valence-corrected chi connectivity index (χ2v) is 8.66. The van der Waals surface area contributed by atoms with E-state index in [-0.39, 0.29) is 24.0 Å². The van der Waals surface area contributed by atoms with Gasteiger partial charge in [0.15, 0.2) is 0 Å². The molecule has 1 aliphatic heterocycles. The molecule has 0 bridgehead atoms. The molecule has 0 aliphatic carbocycles. The summed E-state index contributed by atoms with van der Waals surface area (Å²) in [5.74, 6) is 5.59. The number of thiophene rings is 1. The minimum atomic E-state index is -0.889. The number of carboxylic acids is 1. The van der Waals surface area contributed by atoms with Gasteiger partial charge in [-0.3, -0.25) is 4.79 Å². The van der Waals surface area contributed by atoms with Crippen LogP contribution in [0.15, 0.2) is 12.1 Å². The zero-order valence-corrected chi connectivity index (χ0v) is 17.6. The fourth-order valence-electron chi connectivity index (χ4n) is 3.59. The Bertz CT molecular complexity index is 718. The molecule has 6 heteroatoms. The molecule has 1 saturated heterocycles. The van der Waals surface area contributed by atoms with Crippen LogP contribution in [0.1, 0.15) is 73.3 Å². The summed E-state index contributed by atoms with van der Waals surface area (Å²) in [5.41, 5.74) is 0. The Morgan fingerprint density at radius 2 is 2.18 bits per heavy atom. The lowest BCUT2D eigenvalue weighted by molar-refractivity contribution is -0.129. The van der Waals surface area contributed by atoms with Crippen molar-refractivity contribution in [3.05, 3.63) is 21.9 Å². The van der Waals surface area contributed by atoms with E-state index in [1.807, 2.05) is 24.8 Å². The van der Waals surface area contributed by atoms with Crippen molar-refractivity contribution in [3.8, 4) is 11.8 Å². The first-order chi connectivity index (χ1) is 13.4. The molecule has 5 nitrogen and oxygen atoms in total. The fourth-order valence-corrected chi connectivity index (χ4v) is 4.48. The van der Waals surface area contributed by atoms with Crippen LogP contribution in [0, 0.1) is 17.8 Å². The molecule has 2 N–H and O–H groups in total. The van der Waals surface area contributed by atoms with Crippen molar-refractivity contribution < 1.29 is 19.8 Å². The number of rotatable bonds is 10. The maximum absolute atomic E-state index is 12.2. The first-order valence-electron chi connectivity index (χ1n) is 10.2. The van der Waals surface area contributed by atoms with Crippen molar-refractivity contribution in [2.24, 2.45) is 5.92 Å². The third-order valence-corrected chi connectivity index (χ3v) is 6.46. The molecule has 0 aromatic carbocycles. The van der Waals surface area contributed by atoms with Gasteiger partial charge in [0.1, 0.15) is 4.88 Å². The van der Waals surface area contributed by atoms with Crippen molar-refractivity contribution in [1.29, 1.82) is 0 Å². The van der Waals surface area contributed by atoms with Gasteiger partial charge in [0.25, 0.3) is 0 Å². The number of carboxylic acid groups (broad SMARTS) is 1. The Hall–Kier alpha value is -1.84. The highest BCUT2D eigenvalue weighted by molar-refractivity contribution is 7.13. The molecule has 154 valence electrons. The number of aliphatic hydroxyl groups is 1. The predicted molar refractivity (Wildman–Crippen MR) is 111 cm³/mol. The van der Waals surface area contributed by atoms with Gasteiger partial charge in [-0.15, -0.1) is 23.2 Å². The highest BCUT2D eigenvalue weighted by atomic mass is 32.1. The van der Waals surface area contributed by atoms with Crippen molar-refractivity contribution in [3.63, 3.8) is 0 Å². The lowest BCUT2D eigenvalue weighted by Gasteiger charge is -2.26. The van der Waals surface area contributed by atoms with Crippen LogP contribution in [-0.2, 0) is 11.2 Å². The molecule has 0 spiro atoms. The maximum Gasteiger partial charge on any atom is 0.345 e. The SMILES string of the molecule is CCC#CC[C@@H](C)[C@H](O)CC[C@H]1CCC(=O)N1CCCc1ccc(C(=O)O)s1. The van der Waals surface area contributed by atoms with Crippen LogP contribution in [0.25, 0.3) is 0 Å². The van der Waals surface area contributed by atoms with E-state index in [1.54, 1.807) is 6.07 Å². The summed E-state index contributed by atoms with van der Waals surface area (Å²) in [5, 5.41) is 19.4. The number of aromatic carboxylic acids is 1. The molecule has 0 radical (unpaired) electrons. The molecular weight excluding hydrogens is 374 g/mol. The summed E-state index contributed by atoms with van der Waals surface area (Å²) < 4.78 is 0. The van der Waals surface area contributed by atoms with Crippen LogP contribution in [0.5, 0.6) is 0 Å². The van der Waals surface area contributed by atoms with E-state index in [4.69, 9.17) is 5.11 Å². The first-order valence-corrected chi connectivity index (χ1v) is 11.0. The van der Waals surface area contributed by atoms with Crippen LogP contribution in [0.4, 0.5) is 0 Å². The Morgan fingerprint density at radius 3 is 2.86 bits per heavy atom. The molecule has 0 unspecified atom stereocenters. The van der Waals surface area contributed by atoms with Gasteiger partial charge in [-0.25, -0.2) is 4.79 Å². The second-order valence-electron chi connectivity index (χ2n) is 7.49. The number of likely N-dealkylation sites (tertiary alicyclic amines) is 1. The number of hydrogen-bond acceptors (Lipinski definition) is 4. The van der Waals surface area contributed by atoms with Gasteiger partial charge in [0, 0.05) is 36.7 Å². The lowest BCUT2D eigenvalue weighted by Crippen LogP contribution is -2.35. The summed E-state index contributed by atoms with van der Waals surface area (Å²) in [6.07, 6.45) is 5.73. The van der Waals surface area contributed by atoms with Crippen LogP contribution >= 0.6 is 11.3 Å². The van der Waals surface area contributed by atoms with Crippen molar-refractivity contribution in [2.75, 3.05) is 6.54 Å². The van der Waals surface area contributed by atoms with E-state index < -0.39 is 5.97 Å². The predicted octanol–water partition coefficient (Wildman–Crippen LogP) is 3.95. The molecule has 1 aliphatic rings. The first kappa shape index (κ1) is 22.4. The zero-order chi connectivity index (χ0) is 20.5. The monoisotopic (exact) mass is 405 g/mol. The summed E-state index contributed by atoms with van der Waals surface area (Å²) in [6, 6.07) is 3.70. The fraction of sp³-hybridized carbons (Fsp3) is 0.636. The van der Waals surface area contributed by atoms with E-state index in [1.165, 1.54) is 11.3 Å². The van der Waals surface area contributed by atoms with Gasteiger partial charge in [0.2, 0.25) is 5.91 Å². The quantitative estimate of drug-likeness (QED) is 0.578. The standard InChI is InChI=1S/C22H31NO4S/c1-3-4-5-7-16(2)19(24)12-9-17-10-14-21(25)23(17)15-6-8-18-11-13-20(28-18)22(26)27/h11,13,16-17,19,24H,3,6-10,12,14-15H2,1-2H3,(H,26,27)/t16-,17+,19-/m1/s1. The van der Waals surface area contributed by atoms with Crippen LogP contribution in [0.3, 0.4) is 0 Å². The highest BCUT2D eigenvalue weighted by Crippen LogP contribution is 2.26. The number of carbonyl (C=O) groups excluding carboxylic acids is 1. The summed E-state index contributed by atoms with van der Waals surface area (Å²) >= 11 is 1.30. The van der Waals surface area contributed by atoms with Crippen molar-refractivity contribution in [1.82, 2.24) is 4.90 Å². The Kier molecular flexibility index (Phi) is 9.01. The third-order valence-electron chi connectivity index (χ3n) is 5.33. The Morgan fingerprint density at radius 1 is 1.39 bits per heavy atom. The average molecular weight is 406 g/mol. The van der Waals surface area contributed by atoms with Crippen LogP contribution in [-0.4, -0.2) is 45.7 Å². The highest BCUT2D eigenvalue weighted by Gasteiger charge is 2.31. The van der Waals surface area contributed by atoms with Gasteiger partial charge in [-0.1, -0.05) is 13.8 Å². The molecule has 1 aromatic rings. The lowest BCUT2D eigenvalue weighted by atomic mass is 9.95. The van der Waals surface area contributed by atoms with Gasteiger partial charge in [-0.2, -0.15) is 0 Å². The summed E-state index contributed by atoms with van der Waals surface area (Å²) in [4.78, 5) is 26.6. The number of aryl methyl sites for hydroxylation is 1. The van der Waals surface area contributed by atoms with E-state index in [2.05, 4.69) is 11.8 Å². The Labute approximate surface area is 171 Å². The number of nitrogens with zero attached hydrogens (tertiary/aromatic N) is 1. The number of hydrogen-bond donors (Lipinski definition) is 2. The normalized spacial score (nSPS) is 18.6. The molecule has 0 saturated carbocycles. The number of aliphatic hydroxyl groups excluding tert-OH is 1.